The van der Waals surface area contributed by atoms with Crippen molar-refractivity contribution in [2.24, 2.45) is 0 Å². The minimum atomic E-state index is -0.502. The number of pyridine rings is 1. The molecule has 28 heavy (non-hydrogen) atoms. The van der Waals surface area contributed by atoms with E-state index in [2.05, 4.69) is 23.5 Å². The van der Waals surface area contributed by atoms with Gasteiger partial charge in [-0.05, 0) is 68.3 Å². The first-order valence-electron chi connectivity index (χ1n) is 9.61. The molecule has 0 unspecified atom stereocenters. The third-order valence-corrected chi connectivity index (χ3v) is 6.13. The van der Waals surface area contributed by atoms with Gasteiger partial charge in [-0.25, -0.2) is 4.98 Å². The molecule has 144 valence electrons. The molecule has 2 heterocycles. The standard InChI is InChI=1S/C23H24N2O2S/c1-23(2)18-15-17(10-11-20(18)25-22(23)26)27-13-5-6-14-28-21-12-9-16-7-3-4-8-19(16)24-21/h3-4,7-12,15H,5-6,13-14H2,1-2H3,(H,25,26). The van der Waals surface area contributed by atoms with Gasteiger partial charge in [-0.15, -0.1) is 11.8 Å². The maximum absolute atomic E-state index is 12.0. The molecule has 0 aliphatic carbocycles. The number of amides is 1. The maximum atomic E-state index is 12.0. The Morgan fingerprint density at radius 3 is 2.82 bits per heavy atom. The number of para-hydroxylation sites is 1. The molecular formula is C23H24N2O2S. The number of carbonyl (C=O) groups excluding carboxylic acids is 1. The lowest BCUT2D eigenvalue weighted by Crippen LogP contribution is -2.26. The second-order valence-corrected chi connectivity index (χ2v) is 8.65. The summed E-state index contributed by atoms with van der Waals surface area (Å²) in [6.07, 6.45) is 2.05. The van der Waals surface area contributed by atoms with Crippen LogP contribution >= 0.6 is 11.8 Å². The van der Waals surface area contributed by atoms with Gasteiger partial charge in [-0.3, -0.25) is 4.79 Å². The Hall–Kier alpha value is -2.53. The van der Waals surface area contributed by atoms with Crippen molar-refractivity contribution in [2.75, 3.05) is 17.7 Å². The molecule has 0 fully saturated rings. The molecule has 0 spiro atoms. The van der Waals surface area contributed by atoms with Crippen molar-refractivity contribution in [1.29, 1.82) is 0 Å². The zero-order chi connectivity index (χ0) is 19.6. The Labute approximate surface area is 169 Å². The zero-order valence-electron chi connectivity index (χ0n) is 16.2. The van der Waals surface area contributed by atoms with Crippen LogP contribution < -0.4 is 10.1 Å². The summed E-state index contributed by atoms with van der Waals surface area (Å²) in [5.41, 5.74) is 2.44. The third-order valence-electron chi connectivity index (χ3n) is 5.11. The Morgan fingerprint density at radius 1 is 1.07 bits per heavy atom. The number of anilines is 1. The summed E-state index contributed by atoms with van der Waals surface area (Å²) in [6.45, 7) is 4.55. The molecule has 1 aliphatic heterocycles. The molecule has 1 aliphatic rings. The Bertz CT molecular complexity index is 1020. The number of nitrogens with zero attached hydrogens (tertiary/aromatic N) is 1. The average molecular weight is 393 g/mol. The van der Waals surface area contributed by atoms with Crippen LogP contribution in [0.4, 0.5) is 5.69 Å². The topological polar surface area (TPSA) is 51.2 Å². The van der Waals surface area contributed by atoms with Crippen LogP contribution in [-0.2, 0) is 10.2 Å². The molecule has 0 saturated carbocycles. The summed E-state index contributed by atoms with van der Waals surface area (Å²) in [4.78, 5) is 16.7. The van der Waals surface area contributed by atoms with Gasteiger partial charge in [0.05, 0.1) is 22.6 Å². The molecule has 4 rings (SSSR count). The van der Waals surface area contributed by atoms with E-state index in [0.717, 1.165) is 46.1 Å². The van der Waals surface area contributed by atoms with Crippen molar-refractivity contribution in [3.05, 3.63) is 60.2 Å². The second-order valence-electron chi connectivity index (χ2n) is 7.53. The lowest BCUT2D eigenvalue weighted by molar-refractivity contribution is -0.119. The molecule has 2 aromatic carbocycles. The third kappa shape index (κ3) is 3.85. The number of carbonyl (C=O) groups is 1. The van der Waals surface area contributed by atoms with Gasteiger partial charge in [-0.1, -0.05) is 24.3 Å². The lowest BCUT2D eigenvalue weighted by atomic mass is 9.86. The number of aromatic nitrogens is 1. The number of fused-ring (bicyclic) bond motifs is 2. The van der Waals surface area contributed by atoms with Crippen molar-refractivity contribution in [3.8, 4) is 5.75 Å². The number of hydrogen-bond acceptors (Lipinski definition) is 4. The minimum Gasteiger partial charge on any atom is -0.494 e. The minimum absolute atomic E-state index is 0.0407. The molecule has 1 N–H and O–H groups in total. The van der Waals surface area contributed by atoms with Crippen molar-refractivity contribution in [1.82, 2.24) is 4.98 Å². The van der Waals surface area contributed by atoms with Crippen LogP contribution in [0.3, 0.4) is 0 Å². The maximum Gasteiger partial charge on any atom is 0.234 e. The number of nitrogens with one attached hydrogen (secondary N) is 1. The van der Waals surface area contributed by atoms with Gasteiger partial charge in [0, 0.05) is 11.1 Å². The molecule has 0 saturated heterocycles. The highest BCUT2D eigenvalue weighted by atomic mass is 32.2. The molecule has 3 aromatic rings. The first kappa shape index (κ1) is 18.8. The van der Waals surface area contributed by atoms with E-state index in [9.17, 15) is 4.79 Å². The van der Waals surface area contributed by atoms with Crippen LogP contribution in [0.25, 0.3) is 10.9 Å². The quantitative estimate of drug-likeness (QED) is 0.431. The number of rotatable bonds is 7. The smallest absolute Gasteiger partial charge is 0.234 e. The van der Waals surface area contributed by atoms with Crippen LogP contribution in [-0.4, -0.2) is 23.3 Å². The summed E-state index contributed by atoms with van der Waals surface area (Å²) in [5, 5.41) is 5.17. The number of ether oxygens (including phenoxy) is 1. The van der Waals surface area contributed by atoms with Crippen LogP contribution in [0.2, 0.25) is 0 Å². The number of hydrogen-bond donors (Lipinski definition) is 1. The highest BCUT2D eigenvalue weighted by Gasteiger charge is 2.38. The zero-order valence-corrected chi connectivity index (χ0v) is 17.0. The van der Waals surface area contributed by atoms with Gasteiger partial charge < -0.3 is 10.1 Å². The van der Waals surface area contributed by atoms with Gasteiger partial charge in [0.2, 0.25) is 5.91 Å². The van der Waals surface area contributed by atoms with Gasteiger partial charge in [0.15, 0.2) is 0 Å². The highest BCUT2D eigenvalue weighted by Crippen LogP contribution is 2.39. The number of benzene rings is 2. The predicted octanol–water partition coefficient (Wildman–Crippen LogP) is 5.42. The van der Waals surface area contributed by atoms with Crippen molar-refractivity contribution in [2.45, 2.75) is 37.1 Å². The van der Waals surface area contributed by atoms with E-state index in [1.165, 1.54) is 5.39 Å². The fourth-order valence-corrected chi connectivity index (χ4v) is 4.22. The molecule has 0 atom stereocenters. The summed E-state index contributed by atoms with van der Waals surface area (Å²) >= 11 is 1.79. The Kier molecular flexibility index (Phi) is 5.27. The SMILES string of the molecule is CC1(C)C(=O)Nc2ccc(OCCCCSc3ccc4ccccc4n3)cc21. The Balaban J connectivity index is 1.23. The number of unbranched alkanes of at least 4 members (excludes halogenated alkanes) is 1. The fraction of sp³-hybridized carbons (Fsp3) is 0.304. The highest BCUT2D eigenvalue weighted by molar-refractivity contribution is 7.99. The fourth-order valence-electron chi connectivity index (χ4n) is 3.34. The largest absolute Gasteiger partial charge is 0.494 e. The average Bonchev–Trinajstić information content (AvgIpc) is 2.93. The van der Waals surface area contributed by atoms with Crippen molar-refractivity contribution >= 4 is 34.3 Å². The van der Waals surface area contributed by atoms with E-state index in [-0.39, 0.29) is 5.91 Å². The number of thioether (sulfide) groups is 1. The van der Waals surface area contributed by atoms with Crippen molar-refractivity contribution in [3.63, 3.8) is 0 Å². The Morgan fingerprint density at radius 2 is 1.93 bits per heavy atom. The van der Waals surface area contributed by atoms with Gasteiger partial charge in [0.1, 0.15) is 5.75 Å². The van der Waals surface area contributed by atoms with E-state index >= 15 is 0 Å². The summed E-state index contributed by atoms with van der Waals surface area (Å²) in [7, 11) is 0. The summed E-state index contributed by atoms with van der Waals surface area (Å²) in [6, 6.07) is 18.2. The molecule has 4 nitrogen and oxygen atoms in total. The van der Waals surface area contributed by atoms with E-state index in [1.807, 2.05) is 50.2 Å². The molecule has 5 heteroatoms. The van der Waals surface area contributed by atoms with E-state index in [4.69, 9.17) is 9.72 Å². The summed E-state index contributed by atoms with van der Waals surface area (Å²) < 4.78 is 5.91. The van der Waals surface area contributed by atoms with Crippen LogP contribution in [0.15, 0.2) is 59.6 Å². The van der Waals surface area contributed by atoms with Gasteiger partial charge in [0.25, 0.3) is 0 Å². The van der Waals surface area contributed by atoms with Crippen LogP contribution in [0.5, 0.6) is 5.75 Å². The first-order chi connectivity index (χ1) is 13.5. The first-order valence-corrected chi connectivity index (χ1v) is 10.6. The second kappa shape index (κ2) is 7.84. The lowest BCUT2D eigenvalue weighted by Gasteiger charge is -2.16. The normalized spacial score (nSPS) is 14.7. The molecule has 1 aromatic heterocycles. The van der Waals surface area contributed by atoms with Gasteiger partial charge >= 0.3 is 0 Å². The van der Waals surface area contributed by atoms with Crippen molar-refractivity contribution < 1.29 is 9.53 Å². The van der Waals surface area contributed by atoms with Crippen LogP contribution in [0, 0.1) is 0 Å². The molecule has 1 amide bonds. The predicted molar refractivity (Wildman–Crippen MR) is 115 cm³/mol. The molecular weight excluding hydrogens is 368 g/mol. The van der Waals surface area contributed by atoms with E-state index < -0.39 is 5.41 Å². The van der Waals surface area contributed by atoms with E-state index in [0.29, 0.717) is 6.61 Å². The van der Waals surface area contributed by atoms with Crippen LogP contribution in [0.1, 0.15) is 32.3 Å². The monoisotopic (exact) mass is 392 g/mol. The van der Waals surface area contributed by atoms with E-state index in [1.54, 1.807) is 11.8 Å². The summed E-state index contributed by atoms with van der Waals surface area (Å²) in [5.74, 6) is 1.88. The molecule has 0 bridgehead atoms. The molecule has 0 radical (unpaired) electrons. The van der Waals surface area contributed by atoms with Gasteiger partial charge in [-0.2, -0.15) is 0 Å².